The summed E-state index contributed by atoms with van der Waals surface area (Å²) in [6, 6.07) is 0. The summed E-state index contributed by atoms with van der Waals surface area (Å²) >= 11 is 0. The van der Waals surface area contributed by atoms with Gasteiger partial charge in [-0.2, -0.15) is 4.39 Å². The van der Waals surface area contributed by atoms with Crippen LogP contribution < -0.4 is 11.2 Å². The number of ketones is 1. The molecule has 1 unspecified atom stereocenters. The number of ether oxygens (including phenoxy) is 1. The zero-order chi connectivity index (χ0) is 13.3. The average Bonchev–Trinajstić information content (AvgIpc) is 2.82. The van der Waals surface area contributed by atoms with E-state index in [2.05, 4.69) is 0 Å². The lowest BCUT2D eigenvalue weighted by molar-refractivity contribution is -0.117. The number of carbonyl (C=O) groups excluding carboxylic acids is 1. The van der Waals surface area contributed by atoms with Crippen molar-refractivity contribution in [3.05, 3.63) is 32.9 Å². The van der Waals surface area contributed by atoms with E-state index >= 15 is 0 Å². The van der Waals surface area contributed by atoms with Crippen LogP contribution in [-0.2, 0) is 16.1 Å². The van der Waals surface area contributed by atoms with Gasteiger partial charge in [0.15, 0.2) is 0 Å². The Morgan fingerprint density at radius 1 is 1.56 bits per heavy atom. The fourth-order valence-electron chi connectivity index (χ4n) is 1.94. The lowest BCUT2D eigenvalue weighted by Crippen LogP contribution is -2.43. The molecule has 1 fully saturated rings. The van der Waals surface area contributed by atoms with Gasteiger partial charge in [0.05, 0.1) is 12.7 Å². The number of Topliss-reactive ketones (excluding diaryl/α,β-unsaturated/α-hetero) is 1. The van der Waals surface area contributed by atoms with Crippen LogP contribution in [0.25, 0.3) is 0 Å². The van der Waals surface area contributed by atoms with Crippen LogP contribution in [0, 0.1) is 5.82 Å². The molecule has 0 spiro atoms. The van der Waals surface area contributed by atoms with Crippen molar-refractivity contribution in [2.75, 3.05) is 6.61 Å². The summed E-state index contributed by atoms with van der Waals surface area (Å²) in [5.74, 6) is -1.45. The van der Waals surface area contributed by atoms with Gasteiger partial charge in [0.1, 0.15) is 12.0 Å². The van der Waals surface area contributed by atoms with E-state index in [1.807, 2.05) is 0 Å². The Hall–Kier alpha value is -1.76. The van der Waals surface area contributed by atoms with Crippen LogP contribution in [0.15, 0.2) is 15.8 Å². The average molecular weight is 256 g/mol. The predicted molar refractivity (Wildman–Crippen MR) is 59.8 cm³/mol. The minimum Gasteiger partial charge on any atom is -0.358 e. The summed E-state index contributed by atoms with van der Waals surface area (Å²) in [6.07, 6.45) is 1.63. The zero-order valence-electron chi connectivity index (χ0n) is 9.89. The first-order valence-corrected chi connectivity index (χ1v) is 5.63. The first-order chi connectivity index (χ1) is 8.50. The van der Waals surface area contributed by atoms with E-state index in [0.29, 0.717) is 17.6 Å². The van der Waals surface area contributed by atoms with Gasteiger partial charge >= 0.3 is 5.69 Å². The Kier molecular flexibility index (Phi) is 3.42. The van der Waals surface area contributed by atoms with E-state index in [1.54, 1.807) is 0 Å². The Labute approximate surface area is 102 Å². The highest BCUT2D eigenvalue weighted by Crippen LogP contribution is 2.20. The monoisotopic (exact) mass is 256 g/mol. The summed E-state index contributed by atoms with van der Waals surface area (Å²) in [7, 11) is 0. The van der Waals surface area contributed by atoms with E-state index < -0.39 is 35.6 Å². The van der Waals surface area contributed by atoms with Crippen LogP contribution in [0.4, 0.5) is 4.39 Å². The fraction of sp³-hybridized carbons (Fsp3) is 0.545. The molecule has 0 bridgehead atoms. The molecule has 0 N–H and O–H groups in total. The van der Waals surface area contributed by atoms with E-state index in [-0.39, 0.29) is 0 Å². The van der Waals surface area contributed by atoms with Crippen LogP contribution in [0.2, 0.25) is 0 Å². The maximum atomic E-state index is 13.5. The van der Waals surface area contributed by atoms with Gasteiger partial charge in [-0.3, -0.25) is 18.7 Å². The molecular weight excluding hydrogens is 243 g/mol. The minimum atomic E-state index is -1.08. The molecule has 0 saturated carbocycles. The van der Waals surface area contributed by atoms with Crippen LogP contribution in [0.3, 0.4) is 0 Å². The Morgan fingerprint density at radius 2 is 2.28 bits per heavy atom. The predicted octanol–water partition coefficient (Wildman–Crippen LogP) is 0.0471. The molecule has 1 aromatic rings. The molecular formula is C11H13FN2O4. The number of halogens is 1. The minimum absolute atomic E-state index is 0.390. The quantitative estimate of drug-likeness (QED) is 0.766. The Morgan fingerprint density at radius 3 is 2.83 bits per heavy atom. The number of hydrogen-bond donors (Lipinski definition) is 0. The van der Waals surface area contributed by atoms with Crippen molar-refractivity contribution in [3.8, 4) is 0 Å². The number of hydrogen-bond acceptors (Lipinski definition) is 4. The molecule has 0 aromatic carbocycles. The second kappa shape index (κ2) is 4.85. The SMILES string of the molecule is CC(=O)Cn1c(=O)c(F)cn(C2CCCO2)c1=O. The van der Waals surface area contributed by atoms with Crippen molar-refractivity contribution < 1.29 is 13.9 Å². The molecule has 0 amide bonds. The summed E-state index contributed by atoms with van der Waals surface area (Å²) in [6.45, 7) is 1.29. The van der Waals surface area contributed by atoms with Crippen molar-refractivity contribution in [1.29, 1.82) is 0 Å². The summed E-state index contributed by atoms with van der Waals surface area (Å²) in [5, 5.41) is 0. The zero-order valence-corrected chi connectivity index (χ0v) is 9.89. The standard InChI is InChI=1S/C11H13FN2O4/c1-7(15)5-14-10(16)8(12)6-13(11(14)17)9-3-2-4-18-9/h6,9H,2-5H2,1H3. The van der Waals surface area contributed by atoms with E-state index in [9.17, 15) is 18.8 Å². The molecule has 0 radical (unpaired) electrons. The smallest absolute Gasteiger partial charge is 0.333 e. The van der Waals surface area contributed by atoms with Gasteiger partial charge in [-0.1, -0.05) is 0 Å². The van der Waals surface area contributed by atoms with Crippen LogP contribution in [0.1, 0.15) is 26.0 Å². The molecule has 1 aliphatic rings. The van der Waals surface area contributed by atoms with E-state index in [4.69, 9.17) is 4.74 Å². The number of aromatic nitrogens is 2. The van der Waals surface area contributed by atoms with Gasteiger partial charge in [0, 0.05) is 6.61 Å². The van der Waals surface area contributed by atoms with Gasteiger partial charge in [-0.05, 0) is 19.8 Å². The second-order valence-electron chi connectivity index (χ2n) is 4.23. The summed E-state index contributed by atoms with van der Waals surface area (Å²) in [4.78, 5) is 34.5. The number of nitrogens with zero attached hydrogens (tertiary/aromatic N) is 2. The lowest BCUT2D eigenvalue weighted by Gasteiger charge is -2.14. The maximum absolute atomic E-state index is 13.5. The maximum Gasteiger partial charge on any atom is 0.333 e. The van der Waals surface area contributed by atoms with Crippen molar-refractivity contribution >= 4 is 5.78 Å². The van der Waals surface area contributed by atoms with Gasteiger partial charge in [0.2, 0.25) is 5.82 Å². The normalized spacial score (nSPS) is 19.1. The molecule has 1 saturated heterocycles. The highest BCUT2D eigenvalue weighted by atomic mass is 19.1. The van der Waals surface area contributed by atoms with Crippen molar-refractivity contribution in [2.24, 2.45) is 0 Å². The van der Waals surface area contributed by atoms with Crippen molar-refractivity contribution in [3.63, 3.8) is 0 Å². The first kappa shape index (κ1) is 12.7. The third kappa shape index (κ3) is 2.26. The molecule has 1 aliphatic heterocycles. The molecule has 7 heteroatoms. The largest absolute Gasteiger partial charge is 0.358 e. The molecule has 1 atom stereocenters. The molecule has 2 heterocycles. The van der Waals surface area contributed by atoms with Crippen LogP contribution >= 0.6 is 0 Å². The third-order valence-electron chi connectivity index (χ3n) is 2.75. The highest BCUT2D eigenvalue weighted by molar-refractivity contribution is 5.75. The van der Waals surface area contributed by atoms with Gasteiger partial charge < -0.3 is 4.74 Å². The number of rotatable bonds is 3. The van der Waals surface area contributed by atoms with Gasteiger partial charge in [-0.15, -0.1) is 0 Å². The van der Waals surface area contributed by atoms with E-state index in [0.717, 1.165) is 17.2 Å². The second-order valence-corrected chi connectivity index (χ2v) is 4.23. The Bertz CT molecular complexity index is 584. The lowest BCUT2D eigenvalue weighted by atomic mass is 10.3. The van der Waals surface area contributed by atoms with Crippen molar-refractivity contribution in [2.45, 2.75) is 32.5 Å². The van der Waals surface area contributed by atoms with Crippen LogP contribution in [0.5, 0.6) is 0 Å². The molecule has 1 aromatic heterocycles. The molecule has 0 aliphatic carbocycles. The third-order valence-corrected chi connectivity index (χ3v) is 2.75. The van der Waals surface area contributed by atoms with Gasteiger partial charge in [0.25, 0.3) is 5.56 Å². The van der Waals surface area contributed by atoms with E-state index in [1.165, 1.54) is 6.92 Å². The van der Waals surface area contributed by atoms with Crippen LogP contribution in [-0.4, -0.2) is 21.5 Å². The van der Waals surface area contributed by atoms with Gasteiger partial charge in [-0.25, -0.2) is 4.79 Å². The summed E-state index contributed by atoms with van der Waals surface area (Å²) in [5.41, 5.74) is -1.80. The fourth-order valence-corrected chi connectivity index (χ4v) is 1.94. The molecule has 98 valence electrons. The topological polar surface area (TPSA) is 70.3 Å². The Balaban J connectivity index is 2.55. The first-order valence-electron chi connectivity index (χ1n) is 5.63. The number of carbonyl (C=O) groups is 1. The molecule has 2 rings (SSSR count). The van der Waals surface area contributed by atoms with Crippen molar-refractivity contribution in [1.82, 2.24) is 9.13 Å². The molecule has 6 nitrogen and oxygen atoms in total. The molecule has 18 heavy (non-hydrogen) atoms. The summed E-state index contributed by atoms with van der Waals surface area (Å²) < 4.78 is 20.4. The highest BCUT2D eigenvalue weighted by Gasteiger charge is 2.22.